The number of fused-ring (bicyclic) bond motifs is 1. The molecule has 0 amide bonds. The third kappa shape index (κ3) is 3.20. The summed E-state index contributed by atoms with van der Waals surface area (Å²) in [5, 5.41) is 0.739. The van der Waals surface area contributed by atoms with Gasteiger partial charge in [-0.15, -0.1) is 0 Å². The molecule has 0 saturated carbocycles. The van der Waals surface area contributed by atoms with E-state index in [0.29, 0.717) is 11.3 Å². The Morgan fingerprint density at radius 2 is 1.96 bits per heavy atom. The number of ether oxygens (including phenoxy) is 3. The number of carbonyl (C=O) groups is 1. The van der Waals surface area contributed by atoms with Crippen molar-refractivity contribution in [2.45, 2.75) is 13.5 Å². The molecule has 124 valence electrons. The molecule has 0 radical (unpaired) electrons. The molecule has 0 aliphatic rings. The van der Waals surface area contributed by atoms with E-state index in [4.69, 9.17) is 18.6 Å². The second-order valence-corrected chi connectivity index (χ2v) is 5.12. The van der Waals surface area contributed by atoms with Crippen molar-refractivity contribution in [1.29, 1.82) is 0 Å². The van der Waals surface area contributed by atoms with Crippen LogP contribution in [0.2, 0.25) is 0 Å². The Hall–Kier alpha value is -2.95. The minimum atomic E-state index is -0.533. The van der Waals surface area contributed by atoms with Crippen LogP contribution in [-0.2, 0) is 11.3 Å². The summed E-state index contributed by atoms with van der Waals surface area (Å²) in [5.74, 6) is 0.695. The van der Waals surface area contributed by atoms with E-state index in [1.54, 1.807) is 20.1 Å². The first-order valence-electron chi connectivity index (χ1n) is 7.67. The molecule has 0 aliphatic heterocycles. The van der Waals surface area contributed by atoms with Crippen LogP contribution in [0.25, 0.3) is 11.0 Å². The maximum absolute atomic E-state index is 12.1. The standard InChI is InChI=1S/C19H18O5/c1-3-22-19(20)18-17(15-9-4-5-10-16(15)24-18)23-12-13-7-6-8-14(11-13)21-2/h4-11H,3,12H2,1-2H3. The predicted molar refractivity (Wildman–Crippen MR) is 89.5 cm³/mol. The van der Waals surface area contributed by atoms with Crippen LogP contribution < -0.4 is 9.47 Å². The van der Waals surface area contributed by atoms with E-state index < -0.39 is 5.97 Å². The molecule has 0 fully saturated rings. The first kappa shape index (κ1) is 15.9. The van der Waals surface area contributed by atoms with Crippen LogP contribution >= 0.6 is 0 Å². The normalized spacial score (nSPS) is 10.6. The fourth-order valence-electron chi connectivity index (χ4n) is 2.41. The maximum atomic E-state index is 12.1. The maximum Gasteiger partial charge on any atom is 0.378 e. The molecule has 0 unspecified atom stereocenters. The molecule has 0 spiro atoms. The van der Waals surface area contributed by atoms with Crippen LogP contribution in [0.1, 0.15) is 23.0 Å². The number of furan rings is 1. The number of carbonyl (C=O) groups excluding carboxylic acids is 1. The molecule has 0 aliphatic carbocycles. The molecule has 5 nitrogen and oxygen atoms in total. The third-order valence-corrected chi connectivity index (χ3v) is 3.53. The van der Waals surface area contributed by atoms with E-state index in [2.05, 4.69) is 0 Å². The van der Waals surface area contributed by atoms with Crippen LogP contribution in [0.3, 0.4) is 0 Å². The Kier molecular flexibility index (Phi) is 4.70. The largest absolute Gasteiger partial charge is 0.497 e. The van der Waals surface area contributed by atoms with Gasteiger partial charge in [0.15, 0.2) is 5.75 Å². The lowest BCUT2D eigenvalue weighted by Crippen LogP contribution is -2.06. The topological polar surface area (TPSA) is 57.9 Å². The summed E-state index contributed by atoms with van der Waals surface area (Å²) in [6, 6.07) is 14.9. The summed E-state index contributed by atoms with van der Waals surface area (Å²) >= 11 is 0. The lowest BCUT2D eigenvalue weighted by Gasteiger charge is -2.08. The summed E-state index contributed by atoms with van der Waals surface area (Å²) in [6.07, 6.45) is 0. The van der Waals surface area contributed by atoms with E-state index in [1.165, 1.54) is 0 Å². The summed E-state index contributed by atoms with van der Waals surface area (Å²) in [4.78, 5) is 12.1. The SMILES string of the molecule is CCOC(=O)c1oc2ccccc2c1OCc1cccc(OC)c1. The highest BCUT2D eigenvalue weighted by atomic mass is 16.6. The number of para-hydroxylation sites is 1. The van der Waals surface area contributed by atoms with Crippen molar-refractivity contribution < 1.29 is 23.4 Å². The van der Waals surface area contributed by atoms with Crippen molar-refractivity contribution >= 4 is 16.9 Å². The lowest BCUT2D eigenvalue weighted by atomic mass is 10.2. The van der Waals surface area contributed by atoms with Crippen molar-refractivity contribution in [1.82, 2.24) is 0 Å². The lowest BCUT2D eigenvalue weighted by molar-refractivity contribution is 0.0486. The molecule has 0 bridgehead atoms. The number of methoxy groups -OCH3 is 1. The van der Waals surface area contributed by atoms with Gasteiger partial charge in [-0.25, -0.2) is 4.79 Å². The molecular formula is C19H18O5. The van der Waals surface area contributed by atoms with Gasteiger partial charge in [0.05, 0.1) is 19.1 Å². The van der Waals surface area contributed by atoms with E-state index in [1.807, 2.05) is 42.5 Å². The molecule has 1 aromatic heterocycles. The van der Waals surface area contributed by atoms with Crippen LogP contribution in [0.4, 0.5) is 0 Å². The monoisotopic (exact) mass is 326 g/mol. The average Bonchev–Trinajstić information content (AvgIpc) is 2.99. The van der Waals surface area contributed by atoms with Crippen LogP contribution in [0.5, 0.6) is 11.5 Å². The zero-order valence-electron chi connectivity index (χ0n) is 13.6. The second-order valence-electron chi connectivity index (χ2n) is 5.12. The van der Waals surface area contributed by atoms with Gasteiger partial charge in [0.2, 0.25) is 0 Å². The molecule has 2 aromatic carbocycles. The minimum Gasteiger partial charge on any atom is -0.497 e. The fraction of sp³-hybridized carbons (Fsp3) is 0.211. The van der Waals surface area contributed by atoms with Crippen molar-refractivity contribution in [2.24, 2.45) is 0 Å². The van der Waals surface area contributed by atoms with Crippen LogP contribution in [0.15, 0.2) is 52.9 Å². The molecule has 0 atom stereocenters. The van der Waals surface area contributed by atoms with E-state index in [-0.39, 0.29) is 19.0 Å². The van der Waals surface area contributed by atoms with Crippen molar-refractivity contribution in [3.63, 3.8) is 0 Å². The first-order chi connectivity index (χ1) is 11.7. The Balaban J connectivity index is 1.91. The number of hydrogen-bond acceptors (Lipinski definition) is 5. The molecule has 1 heterocycles. The van der Waals surface area contributed by atoms with Crippen LogP contribution in [0, 0.1) is 0 Å². The van der Waals surface area contributed by atoms with Crippen molar-refractivity contribution in [3.8, 4) is 11.5 Å². The highest BCUT2D eigenvalue weighted by molar-refractivity contribution is 5.98. The number of hydrogen-bond donors (Lipinski definition) is 0. The molecule has 3 rings (SSSR count). The number of esters is 1. The Morgan fingerprint density at radius 3 is 2.75 bits per heavy atom. The van der Waals surface area contributed by atoms with Gasteiger partial charge in [0.25, 0.3) is 5.76 Å². The molecule has 0 N–H and O–H groups in total. The molecular weight excluding hydrogens is 308 g/mol. The van der Waals surface area contributed by atoms with E-state index >= 15 is 0 Å². The Labute approximate surface area is 139 Å². The Morgan fingerprint density at radius 1 is 1.12 bits per heavy atom. The van der Waals surface area contributed by atoms with Gasteiger partial charge in [-0.3, -0.25) is 0 Å². The summed E-state index contributed by atoms with van der Waals surface area (Å²) in [6.45, 7) is 2.30. The summed E-state index contributed by atoms with van der Waals surface area (Å²) in [7, 11) is 1.61. The number of rotatable bonds is 6. The van der Waals surface area contributed by atoms with Crippen LogP contribution in [-0.4, -0.2) is 19.7 Å². The van der Waals surface area contributed by atoms with Gasteiger partial charge in [-0.1, -0.05) is 24.3 Å². The zero-order chi connectivity index (χ0) is 16.9. The summed E-state index contributed by atoms with van der Waals surface area (Å²) in [5.41, 5.74) is 1.51. The van der Waals surface area contributed by atoms with Gasteiger partial charge in [-0.05, 0) is 36.8 Å². The smallest absolute Gasteiger partial charge is 0.378 e. The quantitative estimate of drug-likeness (QED) is 0.636. The van der Waals surface area contributed by atoms with Gasteiger partial charge in [0, 0.05) is 0 Å². The Bertz CT molecular complexity index is 850. The highest BCUT2D eigenvalue weighted by Crippen LogP contribution is 2.34. The van der Waals surface area contributed by atoms with Crippen molar-refractivity contribution in [3.05, 3.63) is 59.9 Å². The average molecular weight is 326 g/mol. The number of benzene rings is 2. The molecule has 24 heavy (non-hydrogen) atoms. The van der Waals surface area contributed by atoms with Gasteiger partial charge < -0.3 is 18.6 Å². The van der Waals surface area contributed by atoms with Gasteiger partial charge in [-0.2, -0.15) is 0 Å². The molecule has 5 heteroatoms. The van der Waals surface area contributed by atoms with Gasteiger partial charge >= 0.3 is 5.97 Å². The summed E-state index contributed by atoms with van der Waals surface area (Å²) < 4.78 is 21.8. The molecule has 0 saturated heterocycles. The fourth-order valence-corrected chi connectivity index (χ4v) is 2.41. The minimum absolute atomic E-state index is 0.0842. The van der Waals surface area contributed by atoms with E-state index in [0.717, 1.165) is 16.7 Å². The highest BCUT2D eigenvalue weighted by Gasteiger charge is 2.23. The third-order valence-electron chi connectivity index (χ3n) is 3.53. The molecule has 3 aromatic rings. The first-order valence-corrected chi connectivity index (χ1v) is 7.67. The predicted octanol–water partition coefficient (Wildman–Crippen LogP) is 4.20. The van der Waals surface area contributed by atoms with Gasteiger partial charge in [0.1, 0.15) is 17.9 Å². The van der Waals surface area contributed by atoms with E-state index in [9.17, 15) is 4.79 Å². The second kappa shape index (κ2) is 7.08. The van der Waals surface area contributed by atoms with Crippen molar-refractivity contribution in [2.75, 3.05) is 13.7 Å². The zero-order valence-corrected chi connectivity index (χ0v) is 13.6.